The largest absolute Gasteiger partial charge is 0.456 e. The van der Waals surface area contributed by atoms with Gasteiger partial charge in [0, 0.05) is 27.5 Å². The van der Waals surface area contributed by atoms with Gasteiger partial charge in [-0.15, -0.1) is 0 Å². The second-order valence-corrected chi connectivity index (χ2v) is 15.0. The summed E-state index contributed by atoms with van der Waals surface area (Å²) in [7, 11) is 0. The van der Waals surface area contributed by atoms with E-state index >= 15 is 0 Å². The zero-order valence-electron chi connectivity index (χ0n) is 30.8. The van der Waals surface area contributed by atoms with Crippen LogP contribution in [0.25, 0.3) is 83.2 Å². The third-order valence-corrected chi connectivity index (χ3v) is 12.0. The predicted octanol–water partition coefficient (Wildman–Crippen LogP) is 14.4. The van der Waals surface area contributed by atoms with Crippen molar-refractivity contribution in [1.29, 1.82) is 0 Å². The average molecular weight is 706 g/mol. The molecular weight excluding hydrogens is 667 g/mol. The van der Waals surface area contributed by atoms with Gasteiger partial charge in [-0.1, -0.05) is 140 Å². The Hall–Kier alpha value is -6.64. The van der Waals surface area contributed by atoms with E-state index in [-0.39, 0.29) is 0 Å². The van der Waals surface area contributed by atoms with E-state index in [1.54, 1.807) is 0 Å². The summed E-state index contributed by atoms with van der Waals surface area (Å²) in [5.74, 6) is 1.70. The normalized spacial score (nSPS) is 13.5. The molecule has 0 aliphatic heterocycles. The van der Waals surface area contributed by atoms with Crippen molar-refractivity contribution in [1.82, 2.24) is 4.57 Å². The van der Waals surface area contributed by atoms with Gasteiger partial charge < -0.3 is 9.30 Å². The molecule has 0 amide bonds. The molecule has 0 spiro atoms. The molecule has 8 aromatic carbocycles. The van der Waals surface area contributed by atoms with Crippen LogP contribution in [0.1, 0.15) is 40.9 Å². The second kappa shape index (κ2) is 12.7. The standard InChI is InChI=1S/C53H39NO/c1-34-26-27-40(36-15-3-2-14-35(34)36)42-29-32-52(47-22-8-5-17-38(42)47)55-53-33-30-43(39-18-6-9-23-48(39)53)41-28-31-51(44-19-7-4-16-37(41)44)54-49-24-12-10-20-45(49)46-21-11-13-25-50(46)54/h2-9,12-19,22-33H,10-11,20-21H2,1H3. The van der Waals surface area contributed by atoms with Crippen molar-refractivity contribution in [2.75, 3.05) is 0 Å². The lowest BCUT2D eigenvalue weighted by Crippen LogP contribution is -2.03. The maximum Gasteiger partial charge on any atom is 0.135 e. The second-order valence-electron chi connectivity index (χ2n) is 15.0. The molecular formula is C53H39NO. The van der Waals surface area contributed by atoms with Crippen LogP contribution in [0, 0.1) is 6.92 Å². The van der Waals surface area contributed by atoms with Crippen LogP contribution in [-0.2, 0) is 12.8 Å². The van der Waals surface area contributed by atoms with Crippen LogP contribution in [0.15, 0.2) is 158 Å². The number of aromatic nitrogens is 1. The topological polar surface area (TPSA) is 14.2 Å². The van der Waals surface area contributed by atoms with E-state index in [0.29, 0.717) is 0 Å². The first-order valence-electron chi connectivity index (χ1n) is 19.5. The Bertz CT molecular complexity index is 3040. The van der Waals surface area contributed by atoms with E-state index in [4.69, 9.17) is 4.74 Å². The molecule has 0 atom stereocenters. The molecule has 262 valence electrons. The first-order chi connectivity index (χ1) is 27.2. The van der Waals surface area contributed by atoms with E-state index in [1.165, 1.54) is 88.3 Å². The Balaban J connectivity index is 1.03. The Morgan fingerprint density at radius 1 is 0.400 bits per heavy atom. The molecule has 2 nitrogen and oxygen atoms in total. The van der Waals surface area contributed by atoms with Gasteiger partial charge in [0.2, 0.25) is 0 Å². The quantitative estimate of drug-likeness (QED) is 0.174. The van der Waals surface area contributed by atoms with Gasteiger partial charge in [-0.3, -0.25) is 0 Å². The molecule has 0 saturated carbocycles. The maximum atomic E-state index is 6.94. The first-order valence-corrected chi connectivity index (χ1v) is 19.5. The predicted molar refractivity (Wildman–Crippen MR) is 233 cm³/mol. The van der Waals surface area contributed by atoms with Crippen LogP contribution in [0.2, 0.25) is 0 Å². The first kappa shape index (κ1) is 31.8. The van der Waals surface area contributed by atoms with Gasteiger partial charge in [0.1, 0.15) is 11.5 Å². The highest BCUT2D eigenvalue weighted by atomic mass is 16.5. The minimum Gasteiger partial charge on any atom is -0.456 e. The molecule has 55 heavy (non-hydrogen) atoms. The molecule has 11 rings (SSSR count). The lowest BCUT2D eigenvalue weighted by molar-refractivity contribution is 0.494. The van der Waals surface area contributed by atoms with Crippen molar-refractivity contribution in [3.05, 3.63) is 186 Å². The number of aryl methyl sites for hydroxylation is 1. The summed E-state index contributed by atoms with van der Waals surface area (Å²) in [5, 5.41) is 9.60. The summed E-state index contributed by atoms with van der Waals surface area (Å²) in [4.78, 5) is 0. The molecule has 2 heteroatoms. The fraction of sp³-hybridized carbons (Fsp3) is 0.0943. The fourth-order valence-corrected chi connectivity index (χ4v) is 9.43. The fourth-order valence-electron chi connectivity index (χ4n) is 9.43. The number of nitrogens with zero attached hydrogens (tertiary/aromatic N) is 1. The van der Waals surface area contributed by atoms with Gasteiger partial charge in [-0.25, -0.2) is 0 Å². The summed E-state index contributed by atoms with van der Waals surface area (Å²) < 4.78 is 9.46. The van der Waals surface area contributed by atoms with Crippen LogP contribution < -0.4 is 4.74 Å². The van der Waals surface area contributed by atoms with Crippen LogP contribution in [0.4, 0.5) is 0 Å². The molecule has 2 aliphatic rings. The van der Waals surface area contributed by atoms with Gasteiger partial charge in [-0.05, 0) is 129 Å². The highest BCUT2D eigenvalue weighted by Gasteiger charge is 2.25. The Morgan fingerprint density at radius 2 is 0.800 bits per heavy atom. The molecule has 0 saturated heterocycles. The van der Waals surface area contributed by atoms with Crippen molar-refractivity contribution in [3.8, 4) is 39.4 Å². The number of fused-ring (bicyclic) bond motifs is 7. The lowest BCUT2D eigenvalue weighted by atomic mass is 9.92. The lowest BCUT2D eigenvalue weighted by Gasteiger charge is -2.19. The molecule has 0 N–H and O–H groups in total. The van der Waals surface area contributed by atoms with Crippen molar-refractivity contribution in [3.63, 3.8) is 0 Å². The summed E-state index contributed by atoms with van der Waals surface area (Å²) in [6.07, 6.45) is 13.8. The maximum absolute atomic E-state index is 6.94. The molecule has 0 fully saturated rings. The molecule has 1 heterocycles. The summed E-state index contributed by atoms with van der Waals surface area (Å²) in [5.41, 5.74) is 13.2. The van der Waals surface area contributed by atoms with E-state index in [2.05, 4.69) is 181 Å². The number of benzene rings is 8. The highest BCUT2D eigenvalue weighted by Crippen LogP contribution is 2.45. The smallest absolute Gasteiger partial charge is 0.135 e. The minimum atomic E-state index is 0.850. The SMILES string of the molecule is Cc1ccc(-c2ccc(Oc3ccc(-c4ccc(-n5c6c(c7c5C=CCC7)CCC=C6)c5ccccc45)c4ccccc34)c3ccccc23)c2ccccc12. The van der Waals surface area contributed by atoms with Gasteiger partial charge in [0.15, 0.2) is 0 Å². The van der Waals surface area contributed by atoms with Crippen molar-refractivity contribution in [2.45, 2.75) is 32.6 Å². The van der Waals surface area contributed by atoms with Crippen LogP contribution in [-0.4, -0.2) is 4.57 Å². The van der Waals surface area contributed by atoms with Crippen LogP contribution in [0.5, 0.6) is 11.5 Å². The minimum absolute atomic E-state index is 0.850. The number of hydrogen-bond acceptors (Lipinski definition) is 1. The van der Waals surface area contributed by atoms with Crippen LogP contribution in [0.3, 0.4) is 0 Å². The van der Waals surface area contributed by atoms with Gasteiger partial charge in [-0.2, -0.15) is 0 Å². The molecule has 0 radical (unpaired) electrons. The molecule has 9 aromatic rings. The number of allylic oxidation sites excluding steroid dienone is 2. The van der Waals surface area contributed by atoms with Crippen LogP contribution >= 0.6 is 0 Å². The number of hydrogen-bond donors (Lipinski definition) is 0. The summed E-state index contributed by atoms with van der Waals surface area (Å²) in [6.45, 7) is 2.19. The van der Waals surface area contributed by atoms with E-state index < -0.39 is 0 Å². The zero-order chi connectivity index (χ0) is 36.5. The molecule has 1 aromatic heterocycles. The Kier molecular flexibility index (Phi) is 7.38. The average Bonchev–Trinajstić information content (AvgIpc) is 3.58. The van der Waals surface area contributed by atoms with Gasteiger partial charge in [0.25, 0.3) is 0 Å². The van der Waals surface area contributed by atoms with Gasteiger partial charge >= 0.3 is 0 Å². The molecule has 2 aliphatic carbocycles. The zero-order valence-corrected chi connectivity index (χ0v) is 30.8. The summed E-state index contributed by atoms with van der Waals surface area (Å²) in [6, 6.07) is 52.9. The van der Waals surface area contributed by atoms with E-state index in [0.717, 1.165) is 48.0 Å². The van der Waals surface area contributed by atoms with Crippen molar-refractivity contribution < 1.29 is 4.74 Å². The third kappa shape index (κ3) is 5.02. The third-order valence-electron chi connectivity index (χ3n) is 12.0. The monoisotopic (exact) mass is 705 g/mol. The van der Waals surface area contributed by atoms with Crippen molar-refractivity contribution >= 4 is 55.2 Å². The highest BCUT2D eigenvalue weighted by molar-refractivity contribution is 6.10. The molecule has 0 unspecified atom stereocenters. The molecule has 0 bridgehead atoms. The van der Waals surface area contributed by atoms with Crippen molar-refractivity contribution in [2.24, 2.45) is 0 Å². The summed E-state index contributed by atoms with van der Waals surface area (Å²) >= 11 is 0. The van der Waals surface area contributed by atoms with E-state index in [9.17, 15) is 0 Å². The van der Waals surface area contributed by atoms with Gasteiger partial charge in [0.05, 0.1) is 5.69 Å². The number of ether oxygens (including phenoxy) is 1. The van der Waals surface area contributed by atoms with E-state index in [1.807, 2.05) is 0 Å². The Morgan fingerprint density at radius 3 is 1.33 bits per heavy atom. The Labute approximate surface area is 321 Å². The number of rotatable bonds is 5.